The van der Waals surface area contributed by atoms with Crippen molar-refractivity contribution >= 4 is 0 Å². The number of rotatable bonds is 4. The monoisotopic (exact) mass is 235 g/mol. The summed E-state index contributed by atoms with van der Waals surface area (Å²) in [5, 5.41) is 0. The number of piperidine rings is 1. The van der Waals surface area contributed by atoms with Crippen molar-refractivity contribution in [2.24, 2.45) is 0 Å². The molecule has 1 aromatic rings. The minimum absolute atomic E-state index is 0.197. The van der Waals surface area contributed by atoms with E-state index in [1.165, 1.54) is 30.4 Å². The minimum atomic E-state index is -0.197. The van der Waals surface area contributed by atoms with Gasteiger partial charge in [-0.25, -0.2) is 0 Å². The van der Waals surface area contributed by atoms with Crippen LogP contribution in [0.25, 0.3) is 0 Å². The molecule has 0 N–H and O–H groups in total. The van der Waals surface area contributed by atoms with Gasteiger partial charge in [0.1, 0.15) is 0 Å². The Morgan fingerprint density at radius 2 is 2.00 bits per heavy atom. The Morgan fingerprint density at radius 3 is 2.71 bits per heavy atom. The molecule has 0 spiro atoms. The summed E-state index contributed by atoms with van der Waals surface area (Å²) < 4.78 is 12.3. The van der Waals surface area contributed by atoms with Crippen LogP contribution in [-0.2, 0) is 0 Å². The summed E-state index contributed by atoms with van der Waals surface area (Å²) in [6.45, 7) is 3.94. The highest BCUT2D eigenvalue weighted by Gasteiger charge is 2.23. The number of benzene rings is 1. The van der Waals surface area contributed by atoms with Gasteiger partial charge in [-0.2, -0.15) is 0 Å². The molecule has 2 rings (SSSR count). The molecule has 2 heteroatoms. The summed E-state index contributed by atoms with van der Waals surface area (Å²) in [5.41, 5.74) is 2.70. The molecule has 0 saturated carbocycles. The molecule has 17 heavy (non-hydrogen) atoms. The van der Waals surface area contributed by atoms with Crippen molar-refractivity contribution in [1.82, 2.24) is 4.90 Å². The number of halogens is 1. The van der Waals surface area contributed by atoms with E-state index in [-0.39, 0.29) is 6.67 Å². The second-order valence-corrected chi connectivity index (χ2v) is 5.00. The highest BCUT2D eigenvalue weighted by Crippen LogP contribution is 2.30. The van der Waals surface area contributed by atoms with Crippen LogP contribution >= 0.6 is 0 Å². The smallest absolute Gasteiger partial charge is 0.0906 e. The van der Waals surface area contributed by atoms with Crippen LogP contribution < -0.4 is 0 Å². The Hall–Kier alpha value is -0.890. The lowest BCUT2D eigenvalue weighted by atomic mass is 9.94. The van der Waals surface area contributed by atoms with E-state index in [0.717, 1.165) is 13.1 Å². The molecule has 1 saturated heterocycles. The lowest BCUT2D eigenvalue weighted by molar-refractivity contribution is 0.143. The first-order valence-electron chi connectivity index (χ1n) is 6.68. The molecule has 0 aliphatic carbocycles. The van der Waals surface area contributed by atoms with Crippen LogP contribution in [0.3, 0.4) is 0 Å². The van der Waals surface area contributed by atoms with Gasteiger partial charge in [-0.05, 0) is 38.3 Å². The van der Waals surface area contributed by atoms with Crippen LogP contribution in [0.4, 0.5) is 4.39 Å². The molecular formula is C15H22FN. The van der Waals surface area contributed by atoms with Gasteiger partial charge in [-0.1, -0.05) is 36.2 Å². The molecule has 1 atom stereocenters. The molecule has 1 aliphatic heterocycles. The number of alkyl halides is 1. The van der Waals surface area contributed by atoms with E-state index in [1.54, 1.807) is 0 Å². The fraction of sp³-hybridized carbons (Fsp3) is 0.600. The van der Waals surface area contributed by atoms with Gasteiger partial charge in [0.25, 0.3) is 0 Å². The molecule has 94 valence electrons. The van der Waals surface area contributed by atoms with Crippen molar-refractivity contribution in [1.29, 1.82) is 0 Å². The third kappa shape index (κ3) is 3.29. The van der Waals surface area contributed by atoms with Gasteiger partial charge in [0, 0.05) is 12.6 Å². The number of hydrogen-bond acceptors (Lipinski definition) is 1. The molecule has 0 radical (unpaired) electrons. The standard InChI is InChI=1S/C15H22FN/c1-13-6-8-14(9-7-13)15-5-2-3-11-17(15)12-4-10-16/h6-9,15H,2-5,10-12H2,1H3. The third-order valence-electron chi connectivity index (χ3n) is 3.65. The van der Waals surface area contributed by atoms with Crippen molar-refractivity contribution < 1.29 is 4.39 Å². The summed E-state index contributed by atoms with van der Waals surface area (Å²) in [5.74, 6) is 0. The van der Waals surface area contributed by atoms with Gasteiger partial charge in [0.05, 0.1) is 6.67 Å². The predicted octanol–water partition coefficient (Wildman–Crippen LogP) is 3.88. The summed E-state index contributed by atoms with van der Waals surface area (Å²) in [6.07, 6.45) is 4.44. The predicted molar refractivity (Wildman–Crippen MR) is 69.9 cm³/mol. The molecular weight excluding hydrogens is 213 g/mol. The van der Waals surface area contributed by atoms with Gasteiger partial charge in [-0.3, -0.25) is 9.29 Å². The number of aryl methyl sites for hydroxylation is 1. The number of likely N-dealkylation sites (tertiary alicyclic amines) is 1. The average molecular weight is 235 g/mol. The Morgan fingerprint density at radius 1 is 1.24 bits per heavy atom. The van der Waals surface area contributed by atoms with E-state index < -0.39 is 0 Å². The van der Waals surface area contributed by atoms with E-state index in [1.807, 2.05) is 0 Å². The maximum absolute atomic E-state index is 12.3. The fourth-order valence-electron chi connectivity index (χ4n) is 2.69. The highest BCUT2D eigenvalue weighted by molar-refractivity contribution is 5.24. The van der Waals surface area contributed by atoms with Crippen LogP contribution in [0.15, 0.2) is 24.3 Å². The van der Waals surface area contributed by atoms with Crippen LogP contribution in [0.5, 0.6) is 0 Å². The third-order valence-corrected chi connectivity index (χ3v) is 3.65. The van der Waals surface area contributed by atoms with E-state index in [4.69, 9.17) is 0 Å². The zero-order valence-electron chi connectivity index (χ0n) is 10.7. The van der Waals surface area contributed by atoms with Gasteiger partial charge in [0.2, 0.25) is 0 Å². The second kappa shape index (κ2) is 6.15. The maximum Gasteiger partial charge on any atom is 0.0906 e. The van der Waals surface area contributed by atoms with E-state index in [0.29, 0.717) is 12.5 Å². The van der Waals surface area contributed by atoms with Crippen molar-refractivity contribution in [3.8, 4) is 0 Å². The largest absolute Gasteiger partial charge is 0.296 e. The first-order chi connectivity index (χ1) is 8.31. The van der Waals surface area contributed by atoms with Crippen molar-refractivity contribution in [3.05, 3.63) is 35.4 Å². The average Bonchev–Trinajstić information content (AvgIpc) is 2.38. The van der Waals surface area contributed by atoms with Gasteiger partial charge in [-0.15, -0.1) is 0 Å². The van der Waals surface area contributed by atoms with Crippen LogP contribution in [-0.4, -0.2) is 24.7 Å². The van der Waals surface area contributed by atoms with E-state index in [9.17, 15) is 4.39 Å². The molecule has 1 aromatic carbocycles. The Labute approximate surface area is 104 Å². The minimum Gasteiger partial charge on any atom is -0.296 e. The second-order valence-electron chi connectivity index (χ2n) is 5.00. The van der Waals surface area contributed by atoms with Gasteiger partial charge in [0.15, 0.2) is 0 Å². The van der Waals surface area contributed by atoms with Crippen LogP contribution in [0.2, 0.25) is 0 Å². The summed E-state index contributed by atoms with van der Waals surface area (Å²) in [6, 6.07) is 9.33. The molecule has 0 amide bonds. The van der Waals surface area contributed by atoms with Crippen LogP contribution in [0.1, 0.15) is 42.9 Å². The molecule has 1 fully saturated rings. The molecule has 1 aliphatic rings. The van der Waals surface area contributed by atoms with Crippen LogP contribution in [0, 0.1) is 6.92 Å². The fourth-order valence-corrected chi connectivity index (χ4v) is 2.69. The summed E-state index contributed by atoms with van der Waals surface area (Å²) in [4.78, 5) is 2.45. The Kier molecular flexibility index (Phi) is 4.55. The quantitative estimate of drug-likeness (QED) is 0.765. The Balaban J connectivity index is 2.07. The Bertz CT molecular complexity index is 333. The van der Waals surface area contributed by atoms with Crippen molar-refractivity contribution in [2.45, 2.75) is 38.6 Å². The van der Waals surface area contributed by atoms with E-state index >= 15 is 0 Å². The van der Waals surface area contributed by atoms with Gasteiger partial charge >= 0.3 is 0 Å². The summed E-state index contributed by atoms with van der Waals surface area (Å²) >= 11 is 0. The zero-order valence-corrected chi connectivity index (χ0v) is 10.7. The normalized spacial score (nSPS) is 21.6. The molecule has 1 nitrogen and oxygen atoms in total. The number of hydrogen-bond donors (Lipinski definition) is 0. The van der Waals surface area contributed by atoms with E-state index in [2.05, 4.69) is 36.1 Å². The SMILES string of the molecule is Cc1ccc(C2CCCCN2CCCF)cc1. The first-order valence-corrected chi connectivity index (χ1v) is 6.68. The molecule has 0 bridgehead atoms. The molecule has 1 unspecified atom stereocenters. The van der Waals surface area contributed by atoms with Crippen molar-refractivity contribution in [3.63, 3.8) is 0 Å². The molecule has 0 aromatic heterocycles. The van der Waals surface area contributed by atoms with Gasteiger partial charge < -0.3 is 0 Å². The lowest BCUT2D eigenvalue weighted by Crippen LogP contribution is -2.34. The highest BCUT2D eigenvalue weighted by atomic mass is 19.1. The first kappa shape index (κ1) is 12.6. The molecule has 1 heterocycles. The lowest BCUT2D eigenvalue weighted by Gasteiger charge is -2.36. The summed E-state index contributed by atoms with van der Waals surface area (Å²) in [7, 11) is 0. The zero-order chi connectivity index (χ0) is 12.1. The maximum atomic E-state index is 12.3. The number of nitrogens with zero attached hydrogens (tertiary/aromatic N) is 1. The van der Waals surface area contributed by atoms with Crippen molar-refractivity contribution in [2.75, 3.05) is 19.8 Å². The topological polar surface area (TPSA) is 3.24 Å².